The molecule has 0 atom stereocenters. The highest BCUT2D eigenvalue weighted by Gasteiger charge is 2.31. The zero-order valence-corrected chi connectivity index (χ0v) is 14.0. The molecule has 0 unspecified atom stereocenters. The lowest BCUT2D eigenvalue weighted by molar-refractivity contribution is 0.567. The third-order valence-corrected chi connectivity index (χ3v) is 3.97. The number of nitrogens with zero attached hydrogens (tertiary/aromatic N) is 3. The van der Waals surface area contributed by atoms with Crippen LogP contribution in [-0.2, 0) is 6.42 Å². The van der Waals surface area contributed by atoms with Crippen molar-refractivity contribution in [2.45, 2.75) is 65.8 Å². The first-order chi connectivity index (χ1) is 10.2. The molecule has 4 heteroatoms. The van der Waals surface area contributed by atoms with Gasteiger partial charge in [0, 0.05) is 24.7 Å². The molecule has 1 aliphatic carbocycles. The second kappa shape index (κ2) is 7.62. The van der Waals surface area contributed by atoms with Gasteiger partial charge in [-0.15, -0.1) is 0 Å². The lowest BCUT2D eigenvalue weighted by Crippen LogP contribution is -2.30. The summed E-state index contributed by atoms with van der Waals surface area (Å²) in [6.07, 6.45) is 7.74. The first-order valence-corrected chi connectivity index (χ1v) is 8.51. The molecule has 4 nitrogen and oxygen atoms in total. The minimum atomic E-state index is 0.698. The van der Waals surface area contributed by atoms with Gasteiger partial charge in [-0.25, -0.2) is 9.97 Å². The van der Waals surface area contributed by atoms with E-state index in [1.54, 1.807) is 6.33 Å². The first kappa shape index (κ1) is 16.1. The van der Waals surface area contributed by atoms with Crippen LogP contribution in [0.5, 0.6) is 0 Å². The average molecular weight is 290 g/mol. The zero-order valence-electron chi connectivity index (χ0n) is 14.0. The van der Waals surface area contributed by atoms with E-state index in [-0.39, 0.29) is 0 Å². The third-order valence-electron chi connectivity index (χ3n) is 3.97. The molecule has 1 heterocycles. The summed E-state index contributed by atoms with van der Waals surface area (Å²) in [5.41, 5.74) is 1.30. The van der Waals surface area contributed by atoms with Gasteiger partial charge in [0.05, 0.1) is 0 Å². The van der Waals surface area contributed by atoms with Crippen molar-refractivity contribution in [1.29, 1.82) is 0 Å². The Kier molecular flexibility index (Phi) is 5.83. The quantitative estimate of drug-likeness (QED) is 0.749. The first-order valence-electron chi connectivity index (χ1n) is 8.51. The SMILES string of the molecule is CCCc1c(NCC)ncnc1N(CCC(C)C)C1CC1. The van der Waals surface area contributed by atoms with Crippen LogP contribution in [0, 0.1) is 5.92 Å². The highest BCUT2D eigenvalue weighted by Crippen LogP contribution is 2.35. The maximum Gasteiger partial charge on any atom is 0.137 e. The second-order valence-corrected chi connectivity index (χ2v) is 6.41. The van der Waals surface area contributed by atoms with Gasteiger partial charge in [-0.05, 0) is 38.5 Å². The normalized spacial score (nSPS) is 14.5. The van der Waals surface area contributed by atoms with Gasteiger partial charge >= 0.3 is 0 Å². The Labute approximate surface area is 129 Å². The zero-order chi connectivity index (χ0) is 15.2. The molecule has 2 rings (SSSR count). The van der Waals surface area contributed by atoms with E-state index in [0.29, 0.717) is 6.04 Å². The van der Waals surface area contributed by atoms with Crippen LogP contribution in [0.15, 0.2) is 6.33 Å². The molecule has 0 amide bonds. The second-order valence-electron chi connectivity index (χ2n) is 6.41. The molecule has 1 aliphatic rings. The van der Waals surface area contributed by atoms with Crippen molar-refractivity contribution in [3.63, 3.8) is 0 Å². The number of nitrogens with one attached hydrogen (secondary N) is 1. The highest BCUT2D eigenvalue weighted by atomic mass is 15.2. The molecule has 1 aromatic heterocycles. The highest BCUT2D eigenvalue weighted by molar-refractivity contribution is 5.59. The van der Waals surface area contributed by atoms with Crippen molar-refractivity contribution in [2.24, 2.45) is 5.92 Å². The van der Waals surface area contributed by atoms with Gasteiger partial charge in [0.1, 0.15) is 18.0 Å². The molecule has 1 saturated carbocycles. The van der Waals surface area contributed by atoms with E-state index in [9.17, 15) is 0 Å². The monoisotopic (exact) mass is 290 g/mol. The van der Waals surface area contributed by atoms with E-state index in [4.69, 9.17) is 0 Å². The van der Waals surface area contributed by atoms with Crippen LogP contribution in [0.3, 0.4) is 0 Å². The van der Waals surface area contributed by atoms with Crippen molar-refractivity contribution < 1.29 is 0 Å². The van der Waals surface area contributed by atoms with Gasteiger partial charge in [0.15, 0.2) is 0 Å². The van der Waals surface area contributed by atoms with Crippen LogP contribution in [0.4, 0.5) is 11.6 Å². The molecule has 118 valence electrons. The van der Waals surface area contributed by atoms with Crippen molar-refractivity contribution in [1.82, 2.24) is 9.97 Å². The van der Waals surface area contributed by atoms with E-state index in [2.05, 4.69) is 47.9 Å². The summed E-state index contributed by atoms with van der Waals surface area (Å²) >= 11 is 0. The maximum absolute atomic E-state index is 4.65. The summed E-state index contributed by atoms with van der Waals surface area (Å²) in [6.45, 7) is 10.9. The van der Waals surface area contributed by atoms with Crippen LogP contribution in [-0.4, -0.2) is 29.1 Å². The number of hydrogen-bond donors (Lipinski definition) is 1. The lowest BCUT2D eigenvalue weighted by Gasteiger charge is -2.27. The minimum Gasteiger partial charge on any atom is -0.370 e. The molecule has 0 aliphatic heterocycles. The minimum absolute atomic E-state index is 0.698. The van der Waals surface area contributed by atoms with E-state index < -0.39 is 0 Å². The summed E-state index contributed by atoms with van der Waals surface area (Å²) < 4.78 is 0. The molecule has 1 N–H and O–H groups in total. The number of anilines is 2. The number of rotatable bonds is 9. The van der Waals surface area contributed by atoms with E-state index in [1.165, 1.54) is 30.6 Å². The molecule has 0 bridgehead atoms. The summed E-state index contributed by atoms with van der Waals surface area (Å²) in [7, 11) is 0. The summed E-state index contributed by atoms with van der Waals surface area (Å²) in [4.78, 5) is 11.6. The Morgan fingerprint density at radius 3 is 2.62 bits per heavy atom. The van der Waals surface area contributed by atoms with Gasteiger partial charge in [-0.3, -0.25) is 0 Å². The van der Waals surface area contributed by atoms with Crippen LogP contribution >= 0.6 is 0 Å². The fourth-order valence-electron chi connectivity index (χ4n) is 2.70. The third kappa shape index (κ3) is 4.32. The fourth-order valence-corrected chi connectivity index (χ4v) is 2.70. The Morgan fingerprint density at radius 1 is 1.29 bits per heavy atom. The van der Waals surface area contributed by atoms with Crippen molar-refractivity contribution >= 4 is 11.6 Å². The maximum atomic E-state index is 4.65. The van der Waals surface area contributed by atoms with Crippen LogP contribution in [0.1, 0.15) is 58.9 Å². The van der Waals surface area contributed by atoms with Crippen LogP contribution in [0.25, 0.3) is 0 Å². The standard InChI is InChI=1S/C17H30N4/c1-5-7-15-16(18-6-2)19-12-20-17(15)21(14-8-9-14)11-10-13(3)4/h12-14H,5-11H2,1-4H3,(H,18,19,20). The van der Waals surface area contributed by atoms with Gasteiger partial charge in [-0.2, -0.15) is 0 Å². The molecule has 0 saturated heterocycles. The van der Waals surface area contributed by atoms with Gasteiger partial charge < -0.3 is 10.2 Å². The molecule has 1 aromatic rings. The molecular formula is C17H30N4. The van der Waals surface area contributed by atoms with Crippen molar-refractivity contribution in [3.8, 4) is 0 Å². The molecular weight excluding hydrogens is 260 g/mol. The molecule has 0 aromatic carbocycles. The van der Waals surface area contributed by atoms with Gasteiger partial charge in [0.2, 0.25) is 0 Å². The lowest BCUT2D eigenvalue weighted by atomic mass is 10.1. The Bertz CT molecular complexity index is 440. The average Bonchev–Trinajstić information content (AvgIpc) is 3.27. The van der Waals surface area contributed by atoms with E-state index >= 15 is 0 Å². The molecule has 21 heavy (non-hydrogen) atoms. The predicted molar refractivity (Wildman–Crippen MR) is 90.0 cm³/mol. The Balaban J connectivity index is 2.27. The fraction of sp³-hybridized carbons (Fsp3) is 0.765. The van der Waals surface area contributed by atoms with Crippen LogP contribution in [0.2, 0.25) is 0 Å². The summed E-state index contributed by atoms with van der Waals surface area (Å²) in [6, 6.07) is 0.698. The van der Waals surface area contributed by atoms with E-state index in [1.807, 2.05) is 0 Å². The van der Waals surface area contributed by atoms with Gasteiger partial charge in [0.25, 0.3) is 0 Å². The summed E-state index contributed by atoms with van der Waals surface area (Å²) in [5, 5.41) is 3.40. The smallest absolute Gasteiger partial charge is 0.137 e. The van der Waals surface area contributed by atoms with Gasteiger partial charge in [-0.1, -0.05) is 27.2 Å². The molecule has 0 radical (unpaired) electrons. The summed E-state index contributed by atoms with van der Waals surface area (Å²) in [5.74, 6) is 2.93. The Hall–Kier alpha value is -1.32. The van der Waals surface area contributed by atoms with Crippen molar-refractivity contribution in [3.05, 3.63) is 11.9 Å². The molecule has 0 spiro atoms. The number of aromatic nitrogens is 2. The predicted octanol–water partition coefficient (Wildman–Crippen LogP) is 3.88. The Morgan fingerprint density at radius 2 is 2.05 bits per heavy atom. The van der Waals surface area contributed by atoms with E-state index in [0.717, 1.165) is 37.7 Å². The van der Waals surface area contributed by atoms with Crippen molar-refractivity contribution in [2.75, 3.05) is 23.3 Å². The molecule has 1 fully saturated rings. The number of hydrogen-bond acceptors (Lipinski definition) is 4. The largest absolute Gasteiger partial charge is 0.370 e. The van der Waals surface area contributed by atoms with Crippen LogP contribution < -0.4 is 10.2 Å². The topological polar surface area (TPSA) is 41.1 Å².